The van der Waals surface area contributed by atoms with Crippen LogP contribution in [0.5, 0.6) is 0 Å². The maximum atomic E-state index is 13.7. The molecule has 1 aromatic carbocycles. The van der Waals surface area contributed by atoms with Gasteiger partial charge in [0.2, 0.25) is 0 Å². The fraction of sp³-hybridized carbons (Fsp3) is 0.600. The smallest absolute Gasteiger partial charge is 0.162 e. The summed E-state index contributed by atoms with van der Waals surface area (Å²) in [7, 11) is 0. The third-order valence-corrected chi connectivity index (χ3v) is 3.44. The van der Waals surface area contributed by atoms with Crippen LogP contribution in [0.25, 0.3) is 0 Å². The molecule has 0 bridgehead atoms. The molecule has 0 aromatic heterocycles. The van der Waals surface area contributed by atoms with Crippen LogP contribution in [0, 0.1) is 17.0 Å². The molecule has 1 N–H and O–H groups in total. The summed E-state index contributed by atoms with van der Waals surface area (Å²) >= 11 is 0. The molecule has 0 fully saturated rings. The third kappa shape index (κ3) is 4.05. The van der Waals surface area contributed by atoms with Gasteiger partial charge >= 0.3 is 0 Å². The van der Waals surface area contributed by atoms with Crippen LogP contribution in [0.3, 0.4) is 0 Å². The molecule has 1 atom stereocenters. The molecule has 0 amide bonds. The van der Waals surface area contributed by atoms with Gasteiger partial charge in [-0.15, -0.1) is 0 Å². The van der Waals surface area contributed by atoms with Crippen molar-refractivity contribution >= 4 is 0 Å². The van der Waals surface area contributed by atoms with Crippen molar-refractivity contribution in [2.24, 2.45) is 5.41 Å². The number of hydrogen-bond acceptors (Lipinski definition) is 1. The van der Waals surface area contributed by atoms with E-state index in [0.29, 0.717) is 18.0 Å². The summed E-state index contributed by atoms with van der Waals surface area (Å²) in [5.74, 6) is -1.47. The highest BCUT2D eigenvalue weighted by molar-refractivity contribution is 5.20. The first-order valence-corrected chi connectivity index (χ1v) is 6.54. The summed E-state index contributed by atoms with van der Waals surface area (Å²) in [5.41, 5.74) is 0.406. The summed E-state index contributed by atoms with van der Waals surface area (Å²) in [6.07, 6.45) is 1.47. The van der Waals surface area contributed by atoms with Crippen molar-refractivity contribution < 1.29 is 8.78 Å². The first-order chi connectivity index (χ1) is 8.38. The predicted molar refractivity (Wildman–Crippen MR) is 71.6 cm³/mol. The molecular weight excluding hydrogens is 232 g/mol. The van der Waals surface area contributed by atoms with Gasteiger partial charge in [0.1, 0.15) is 0 Å². The van der Waals surface area contributed by atoms with Gasteiger partial charge in [0.25, 0.3) is 0 Å². The molecule has 0 aliphatic rings. The predicted octanol–water partition coefficient (Wildman–Crippen LogP) is 3.92. The highest BCUT2D eigenvalue weighted by atomic mass is 19.2. The first kappa shape index (κ1) is 15.1. The van der Waals surface area contributed by atoms with E-state index in [-0.39, 0.29) is 5.41 Å². The molecule has 1 unspecified atom stereocenters. The average Bonchev–Trinajstić information content (AvgIpc) is 2.33. The third-order valence-electron chi connectivity index (χ3n) is 3.44. The van der Waals surface area contributed by atoms with Crippen molar-refractivity contribution in [2.45, 2.75) is 46.6 Å². The Morgan fingerprint density at radius 1 is 1.28 bits per heavy atom. The largest absolute Gasteiger partial charge is 0.314 e. The Hall–Kier alpha value is -0.960. The van der Waals surface area contributed by atoms with Crippen molar-refractivity contribution in [2.75, 3.05) is 6.54 Å². The summed E-state index contributed by atoms with van der Waals surface area (Å²) < 4.78 is 26.9. The Bertz CT molecular complexity index is 390. The molecule has 0 saturated heterocycles. The zero-order valence-electron chi connectivity index (χ0n) is 11.7. The zero-order chi connectivity index (χ0) is 13.8. The molecule has 0 aliphatic heterocycles. The van der Waals surface area contributed by atoms with Crippen LogP contribution >= 0.6 is 0 Å². The minimum absolute atomic E-state index is 0.0566. The highest BCUT2D eigenvalue weighted by Crippen LogP contribution is 2.27. The molecule has 0 radical (unpaired) electrons. The second-order valence-corrected chi connectivity index (χ2v) is 5.59. The number of nitrogens with one attached hydrogen (secondary N) is 1. The molecule has 0 saturated carbocycles. The van der Waals surface area contributed by atoms with Crippen LogP contribution in [0.2, 0.25) is 0 Å². The minimum atomic E-state index is -0.761. The molecular formula is C15H23F2N. The molecule has 1 aromatic rings. The second kappa shape index (κ2) is 6.28. The van der Waals surface area contributed by atoms with Gasteiger partial charge in [-0.25, -0.2) is 8.78 Å². The Morgan fingerprint density at radius 2 is 1.94 bits per heavy atom. The lowest BCUT2D eigenvalue weighted by Gasteiger charge is -2.30. The van der Waals surface area contributed by atoms with E-state index in [9.17, 15) is 8.78 Å². The van der Waals surface area contributed by atoms with E-state index in [1.165, 1.54) is 0 Å². The van der Waals surface area contributed by atoms with E-state index < -0.39 is 11.6 Å². The minimum Gasteiger partial charge on any atom is -0.314 e. The summed E-state index contributed by atoms with van der Waals surface area (Å²) in [5, 5.41) is 3.38. The molecule has 0 heterocycles. The van der Waals surface area contributed by atoms with Crippen LogP contribution in [0.1, 0.15) is 39.7 Å². The average molecular weight is 255 g/mol. The lowest BCUT2D eigenvalue weighted by Crippen LogP contribution is -2.37. The van der Waals surface area contributed by atoms with Gasteiger partial charge in [-0.3, -0.25) is 0 Å². The van der Waals surface area contributed by atoms with Gasteiger partial charge in [-0.05, 0) is 29.9 Å². The van der Waals surface area contributed by atoms with Crippen LogP contribution in [-0.2, 0) is 6.42 Å². The summed E-state index contributed by atoms with van der Waals surface area (Å²) in [4.78, 5) is 0. The van der Waals surface area contributed by atoms with E-state index in [1.807, 2.05) is 0 Å². The van der Waals surface area contributed by atoms with Crippen molar-refractivity contribution in [1.82, 2.24) is 5.32 Å². The summed E-state index contributed by atoms with van der Waals surface area (Å²) in [6.45, 7) is 9.15. The number of benzene rings is 1. The van der Waals surface area contributed by atoms with Crippen LogP contribution in [0.15, 0.2) is 18.2 Å². The van der Waals surface area contributed by atoms with Crippen LogP contribution in [-0.4, -0.2) is 12.6 Å². The number of halogens is 2. The van der Waals surface area contributed by atoms with Crippen molar-refractivity contribution in [3.8, 4) is 0 Å². The van der Waals surface area contributed by atoms with Gasteiger partial charge in [0, 0.05) is 12.6 Å². The molecule has 1 nitrogen and oxygen atoms in total. The van der Waals surface area contributed by atoms with Gasteiger partial charge in [-0.2, -0.15) is 0 Å². The number of rotatable bonds is 6. The van der Waals surface area contributed by atoms with Crippen LogP contribution in [0.4, 0.5) is 8.78 Å². The Balaban J connectivity index is 2.81. The van der Waals surface area contributed by atoms with Gasteiger partial charge in [0.05, 0.1) is 0 Å². The zero-order valence-corrected chi connectivity index (χ0v) is 11.7. The van der Waals surface area contributed by atoms with Gasteiger partial charge in [-0.1, -0.05) is 39.8 Å². The topological polar surface area (TPSA) is 12.0 Å². The van der Waals surface area contributed by atoms with Gasteiger partial charge < -0.3 is 5.32 Å². The lowest BCUT2D eigenvalue weighted by molar-refractivity contribution is 0.277. The fourth-order valence-corrected chi connectivity index (χ4v) is 1.91. The van der Waals surface area contributed by atoms with E-state index in [2.05, 4.69) is 33.0 Å². The highest BCUT2D eigenvalue weighted by Gasteiger charge is 2.24. The number of hydrogen-bond donors (Lipinski definition) is 1. The quantitative estimate of drug-likeness (QED) is 0.812. The normalized spacial score (nSPS) is 14.8. The van der Waals surface area contributed by atoms with Crippen molar-refractivity contribution in [1.29, 1.82) is 0 Å². The molecule has 0 aliphatic carbocycles. The molecule has 102 valence electrons. The van der Waals surface area contributed by atoms with E-state index >= 15 is 0 Å². The van der Waals surface area contributed by atoms with E-state index in [4.69, 9.17) is 0 Å². The lowest BCUT2D eigenvalue weighted by atomic mass is 9.80. The molecule has 1 rings (SSSR count). The van der Waals surface area contributed by atoms with Gasteiger partial charge in [0.15, 0.2) is 11.6 Å². The second-order valence-electron chi connectivity index (χ2n) is 5.59. The SMILES string of the molecule is CCC(C)(CNC(C)C)Cc1cccc(F)c1F. The Kier molecular flexibility index (Phi) is 5.27. The van der Waals surface area contributed by atoms with Crippen molar-refractivity contribution in [3.63, 3.8) is 0 Å². The molecule has 18 heavy (non-hydrogen) atoms. The molecule has 0 spiro atoms. The molecule has 3 heteroatoms. The monoisotopic (exact) mass is 255 g/mol. The van der Waals surface area contributed by atoms with Crippen LogP contribution < -0.4 is 5.32 Å². The van der Waals surface area contributed by atoms with E-state index in [0.717, 1.165) is 19.0 Å². The maximum Gasteiger partial charge on any atom is 0.162 e. The maximum absolute atomic E-state index is 13.7. The Labute approximate surface area is 109 Å². The first-order valence-electron chi connectivity index (χ1n) is 6.54. The standard InChI is InChI=1S/C15H23F2N/c1-5-15(4,10-18-11(2)3)9-12-7-6-8-13(16)14(12)17/h6-8,11,18H,5,9-10H2,1-4H3. The Morgan fingerprint density at radius 3 is 2.50 bits per heavy atom. The van der Waals surface area contributed by atoms with Crippen molar-refractivity contribution in [3.05, 3.63) is 35.4 Å². The summed E-state index contributed by atoms with van der Waals surface area (Å²) in [6, 6.07) is 4.80. The fourth-order valence-electron chi connectivity index (χ4n) is 1.91. The van der Waals surface area contributed by atoms with E-state index in [1.54, 1.807) is 12.1 Å².